The smallest absolute Gasteiger partial charge is 0.0455 e. The molecule has 0 bridgehead atoms. The van der Waals surface area contributed by atoms with Gasteiger partial charge in [0.1, 0.15) is 0 Å². The number of benzene rings is 1. The predicted octanol–water partition coefficient (Wildman–Crippen LogP) is 3.75. The van der Waals surface area contributed by atoms with Crippen LogP contribution in [0.15, 0.2) is 34.8 Å². The summed E-state index contributed by atoms with van der Waals surface area (Å²) in [6.45, 7) is 5.09. The minimum Gasteiger partial charge on any atom is -0.330 e. The van der Waals surface area contributed by atoms with Gasteiger partial charge < -0.3 is 10.3 Å². The monoisotopic (exact) mass is 306 g/mol. The summed E-state index contributed by atoms with van der Waals surface area (Å²) in [5.41, 5.74) is 10.8. The van der Waals surface area contributed by atoms with Crippen molar-refractivity contribution in [3.63, 3.8) is 0 Å². The van der Waals surface area contributed by atoms with Gasteiger partial charge in [0.15, 0.2) is 0 Å². The molecule has 0 atom stereocenters. The molecular formula is C15H19BrN2. The van der Waals surface area contributed by atoms with Crippen LogP contribution in [0.4, 0.5) is 0 Å². The third-order valence-electron chi connectivity index (χ3n) is 3.27. The third-order valence-corrected chi connectivity index (χ3v) is 3.80. The van der Waals surface area contributed by atoms with Crippen LogP contribution in [0.2, 0.25) is 0 Å². The molecule has 0 spiro atoms. The van der Waals surface area contributed by atoms with Crippen LogP contribution < -0.4 is 5.73 Å². The molecule has 96 valence electrons. The first-order valence-electron chi connectivity index (χ1n) is 6.27. The molecule has 0 unspecified atom stereocenters. The molecule has 2 nitrogen and oxygen atoms in total. The van der Waals surface area contributed by atoms with E-state index in [1.54, 1.807) is 0 Å². The fourth-order valence-electron chi connectivity index (χ4n) is 2.36. The lowest BCUT2D eigenvalue weighted by atomic mass is 10.1. The summed E-state index contributed by atoms with van der Waals surface area (Å²) in [4.78, 5) is 0. The lowest BCUT2D eigenvalue weighted by molar-refractivity contribution is 0.823. The van der Waals surface area contributed by atoms with E-state index in [0.717, 1.165) is 23.9 Å². The maximum atomic E-state index is 5.59. The van der Waals surface area contributed by atoms with Gasteiger partial charge in [-0.3, -0.25) is 0 Å². The van der Waals surface area contributed by atoms with Gasteiger partial charge >= 0.3 is 0 Å². The second kappa shape index (κ2) is 5.72. The van der Waals surface area contributed by atoms with Crippen molar-refractivity contribution in [1.82, 2.24) is 4.57 Å². The van der Waals surface area contributed by atoms with Gasteiger partial charge in [0.2, 0.25) is 0 Å². The van der Waals surface area contributed by atoms with E-state index in [1.165, 1.54) is 22.6 Å². The van der Waals surface area contributed by atoms with Gasteiger partial charge in [0.25, 0.3) is 0 Å². The molecule has 3 heteroatoms. The first-order chi connectivity index (χ1) is 8.63. The number of nitrogens with zero attached hydrogens (tertiary/aromatic N) is 1. The van der Waals surface area contributed by atoms with Crippen LogP contribution in [0.5, 0.6) is 0 Å². The van der Waals surface area contributed by atoms with E-state index in [2.05, 4.69) is 64.7 Å². The van der Waals surface area contributed by atoms with Crippen molar-refractivity contribution < 1.29 is 0 Å². The largest absolute Gasteiger partial charge is 0.330 e. The summed E-state index contributed by atoms with van der Waals surface area (Å²) in [5.74, 6) is 0. The number of rotatable bonds is 4. The SMILES string of the molecule is Cc1cc(CCCN)c(C)n1-c1ccc(Br)cc1. The van der Waals surface area contributed by atoms with Crippen molar-refractivity contribution in [3.8, 4) is 5.69 Å². The first kappa shape index (κ1) is 13.4. The Kier molecular flexibility index (Phi) is 4.25. The Bertz CT molecular complexity index is 526. The Labute approximate surface area is 117 Å². The molecule has 0 amide bonds. The molecule has 2 rings (SSSR count). The van der Waals surface area contributed by atoms with Crippen molar-refractivity contribution in [2.24, 2.45) is 5.73 Å². The van der Waals surface area contributed by atoms with Gasteiger partial charge in [-0.15, -0.1) is 0 Å². The van der Waals surface area contributed by atoms with Gasteiger partial charge in [0, 0.05) is 21.5 Å². The summed E-state index contributed by atoms with van der Waals surface area (Å²) in [5, 5.41) is 0. The molecule has 2 aromatic rings. The lowest BCUT2D eigenvalue weighted by Gasteiger charge is -2.10. The zero-order valence-corrected chi connectivity index (χ0v) is 12.5. The highest BCUT2D eigenvalue weighted by Crippen LogP contribution is 2.23. The molecule has 1 aromatic carbocycles. The molecule has 18 heavy (non-hydrogen) atoms. The van der Waals surface area contributed by atoms with Crippen LogP contribution >= 0.6 is 15.9 Å². The maximum absolute atomic E-state index is 5.59. The second-order valence-electron chi connectivity index (χ2n) is 4.60. The van der Waals surface area contributed by atoms with Crippen molar-refractivity contribution in [1.29, 1.82) is 0 Å². The molecule has 0 aliphatic carbocycles. The molecule has 0 aliphatic heterocycles. The predicted molar refractivity (Wildman–Crippen MR) is 80.3 cm³/mol. The fourth-order valence-corrected chi connectivity index (χ4v) is 2.63. The van der Waals surface area contributed by atoms with Crippen LogP contribution in [0.3, 0.4) is 0 Å². The lowest BCUT2D eigenvalue weighted by Crippen LogP contribution is -2.02. The second-order valence-corrected chi connectivity index (χ2v) is 5.52. The van der Waals surface area contributed by atoms with Crippen LogP contribution in [0.1, 0.15) is 23.4 Å². The summed E-state index contributed by atoms with van der Waals surface area (Å²) in [7, 11) is 0. The fraction of sp³-hybridized carbons (Fsp3) is 0.333. The van der Waals surface area contributed by atoms with E-state index < -0.39 is 0 Å². The molecule has 1 aromatic heterocycles. The molecular weight excluding hydrogens is 288 g/mol. The van der Waals surface area contributed by atoms with Crippen LogP contribution in [-0.4, -0.2) is 11.1 Å². The Hall–Kier alpha value is -1.06. The number of aromatic nitrogens is 1. The Morgan fingerprint density at radius 2 is 1.83 bits per heavy atom. The number of nitrogens with two attached hydrogens (primary N) is 1. The summed E-state index contributed by atoms with van der Waals surface area (Å²) in [6, 6.07) is 10.7. The van der Waals surface area contributed by atoms with E-state index in [9.17, 15) is 0 Å². The Morgan fingerprint density at radius 1 is 1.17 bits per heavy atom. The molecule has 0 saturated heterocycles. The van der Waals surface area contributed by atoms with Crippen molar-refractivity contribution in [3.05, 3.63) is 51.8 Å². The Balaban J connectivity index is 2.38. The number of hydrogen-bond acceptors (Lipinski definition) is 1. The van der Waals surface area contributed by atoms with E-state index in [4.69, 9.17) is 5.73 Å². The Morgan fingerprint density at radius 3 is 2.44 bits per heavy atom. The topological polar surface area (TPSA) is 30.9 Å². The molecule has 2 N–H and O–H groups in total. The van der Waals surface area contributed by atoms with E-state index in [1.807, 2.05) is 0 Å². The standard InChI is InChI=1S/C15H19BrN2/c1-11-10-13(4-3-9-17)12(2)18(11)15-7-5-14(16)6-8-15/h5-8,10H,3-4,9,17H2,1-2H3. The summed E-state index contributed by atoms with van der Waals surface area (Å²) >= 11 is 3.47. The zero-order chi connectivity index (χ0) is 13.1. The molecule has 0 saturated carbocycles. The van der Waals surface area contributed by atoms with E-state index in [-0.39, 0.29) is 0 Å². The van der Waals surface area contributed by atoms with Crippen molar-refractivity contribution in [2.45, 2.75) is 26.7 Å². The van der Waals surface area contributed by atoms with Gasteiger partial charge in [-0.25, -0.2) is 0 Å². The number of hydrogen-bond donors (Lipinski definition) is 1. The van der Waals surface area contributed by atoms with Crippen LogP contribution in [0, 0.1) is 13.8 Å². The van der Waals surface area contributed by atoms with E-state index in [0.29, 0.717) is 0 Å². The normalized spacial score (nSPS) is 10.9. The van der Waals surface area contributed by atoms with Crippen molar-refractivity contribution in [2.75, 3.05) is 6.54 Å². The molecule has 0 radical (unpaired) electrons. The average Bonchev–Trinajstić information content (AvgIpc) is 2.63. The summed E-state index contributed by atoms with van der Waals surface area (Å²) in [6.07, 6.45) is 2.11. The van der Waals surface area contributed by atoms with Gasteiger partial charge in [-0.2, -0.15) is 0 Å². The first-order valence-corrected chi connectivity index (χ1v) is 7.06. The van der Waals surface area contributed by atoms with Crippen LogP contribution in [0.25, 0.3) is 5.69 Å². The highest BCUT2D eigenvalue weighted by Gasteiger charge is 2.09. The molecule has 1 heterocycles. The minimum atomic E-state index is 0.752. The molecule has 0 aliphatic rings. The van der Waals surface area contributed by atoms with E-state index >= 15 is 0 Å². The minimum absolute atomic E-state index is 0.752. The van der Waals surface area contributed by atoms with Gasteiger partial charge in [0.05, 0.1) is 0 Å². The number of aryl methyl sites for hydroxylation is 2. The molecule has 0 fully saturated rings. The summed E-state index contributed by atoms with van der Waals surface area (Å²) < 4.78 is 3.41. The highest BCUT2D eigenvalue weighted by atomic mass is 79.9. The maximum Gasteiger partial charge on any atom is 0.0455 e. The highest BCUT2D eigenvalue weighted by molar-refractivity contribution is 9.10. The van der Waals surface area contributed by atoms with Gasteiger partial charge in [-0.1, -0.05) is 15.9 Å². The number of halogens is 1. The van der Waals surface area contributed by atoms with Crippen LogP contribution in [-0.2, 0) is 6.42 Å². The zero-order valence-electron chi connectivity index (χ0n) is 10.9. The third kappa shape index (κ3) is 2.68. The van der Waals surface area contributed by atoms with Crippen molar-refractivity contribution >= 4 is 15.9 Å². The quantitative estimate of drug-likeness (QED) is 0.916. The average molecular weight is 307 g/mol. The van der Waals surface area contributed by atoms with Gasteiger partial charge in [-0.05, 0) is 69.1 Å².